The Bertz CT molecular complexity index is 450. The maximum atomic E-state index is 12.6. The number of nitrogens with zero attached hydrogens (tertiary/aromatic N) is 2. The topological polar surface area (TPSA) is 54.5 Å². The second kappa shape index (κ2) is 8.90. The van der Waals surface area contributed by atoms with Gasteiger partial charge in [-0.3, -0.25) is 4.79 Å². The number of methoxy groups -OCH3 is 1. The van der Waals surface area contributed by atoms with Gasteiger partial charge in [0.25, 0.3) is 5.91 Å². The molecule has 0 unspecified atom stereocenters. The van der Waals surface area contributed by atoms with E-state index in [1.54, 1.807) is 23.3 Å². The van der Waals surface area contributed by atoms with Crippen molar-refractivity contribution in [3.05, 3.63) is 16.1 Å². The van der Waals surface area contributed by atoms with Gasteiger partial charge in [-0.05, 0) is 32.9 Å². The largest absolute Gasteiger partial charge is 0.368 e. The van der Waals surface area contributed by atoms with E-state index in [-0.39, 0.29) is 30.7 Å². The number of halogens is 2. The molecule has 0 aromatic carbocycles. The fraction of sp³-hybridized carbons (Fsp3) is 0.692. The van der Waals surface area contributed by atoms with Crippen LogP contribution in [0.5, 0.6) is 0 Å². The summed E-state index contributed by atoms with van der Waals surface area (Å²) in [7, 11) is 3.47. The van der Waals surface area contributed by atoms with Crippen molar-refractivity contribution in [2.24, 2.45) is 0 Å². The Balaban J connectivity index is 0.00000200. The van der Waals surface area contributed by atoms with Gasteiger partial charge in [-0.15, -0.1) is 36.2 Å². The molecule has 8 heteroatoms. The number of rotatable bonds is 4. The van der Waals surface area contributed by atoms with Crippen molar-refractivity contribution in [3.8, 4) is 0 Å². The highest BCUT2D eigenvalue weighted by Crippen LogP contribution is 2.26. The van der Waals surface area contributed by atoms with Crippen LogP contribution < -0.4 is 5.32 Å². The maximum absolute atomic E-state index is 12.6. The Labute approximate surface area is 142 Å². The van der Waals surface area contributed by atoms with Gasteiger partial charge in [0.15, 0.2) is 0 Å². The van der Waals surface area contributed by atoms with E-state index in [2.05, 4.69) is 10.3 Å². The number of carbonyl (C=O) groups excluding carboxylic acids is 1. The Morgan fingerprint density at radius 2 is 2.10 bits per heavy atom. The molecule has 1 saturated heterocycles. The number of thiazole rings is 1. The number of nitrogens with one attached hydrogen (secondary N) is 1. The van der Waals surface area contributed by atoms with Crippen molar-refractivity contribution in [2.45, 2.75) is 31.9 Å². The van der Waals surface area contributed by atoms with Crippen molar-refractivity contribution < 1.29 is 9.53 Å². The first-order valence-electron chi connectivity index (χ1n) is 6.50. The van der Waals surface area contributed by atoms with Crippen LogP contribution in [0.15, 0.2) is 6.20 Å². The molecule has 1 N–H and O–H groups in total. The highest BCUT2D eigenvalue weighted by Gasteiger charge is 2.41. The molecule has 1 aliphatic rings. The molecule has 2 heterocycles. The molecule has 122 valence electrons. The number of hydrogen-bond acceptors (Lipinski definition) is 5. The third-order valence-corrected chi connectivity index (χ3v) is 4.50. The summed E-state index contributed by atoms with van der Waals surface area (Å²) >= 11 is 1.63. The quantitative estimate of drug-likeness (QED) is 0.897. The molecular formula is C13H23Cl2N3O2S. The number of hydrogen-bond donors (Lipinski definition) is 1. The van der Waals surface area contributed by atoms with E-state index in [9.17, 15) is 4.79 Å². The molecule has 5 nitrogen and oxygen atoms in total. The van der Waals surface area contributed by atoms with Gasteiger partial charge < -0.3 is 15.0 Å². The van der Waals surface area contributed by atoms with E-state index >= 15 is 0 Å². The summed E-state index contributed by atoms with van der Waals surface area (Å²) in [6.07, 6.45) is 3.30. The molecular weight excluding hydrogens is 333 g/mol. The number of aryl methyl sites for hydroxylation is 1. The van der Waals surface area contributed by atoms with Gasteiger partial charge in [0.2, 0.25) is 0 Å². The summed E-state index contributed by atoms with van der Waals surface area (Å²) in [4.78, 5) is 19.7. The number of carbonyl (C=O) groups is 1. The van der Waals surface area contributed by atoms with E-state index < -0.39 is 5.60 Å². The van der Waals surface area contributed by atoms with Crippen molar-refractivity contribution in [2.75, 3.05) is 27.2 Å². The van der Waals surface area contributed by atoms with Crippen molar-refractivity contribution >= 4 is 42.1 Å². The average molecular weight is 356 g/mol. The third kappa shape index (κ3) is 4.79. The van der Waals surface area contributed by atoms with E-state index in [0.29, 0.717) is 6.54 Å². The highest BCUT2D eigenvalue weighted by molar-refractivity contribution is 7.11. The number of aromatic nitrogens is 1. The Morgan fingerprint density at radius 1 is 1.48 bits per heavy atom. The monoisotopic (exact) mass is 355 g/mol. The molecule has 0 spiro atoms. The predicted octanol–water partition coefficient (Wildman–Crippen LogP) is 2.02. The lowest BCUT2D eigenvalue weighted by atomic mass is 9.90. The molecule has 1 fully saturated rings. The number of piperidine rings is 1. The van der Waals surface area contributed by atoms with Crippen molar-refractivity contribution in [1.82, 2.24) is 15.2 Å². The van der Waals surface area contributed by atoms with Gasteiger partial charge in [-0.25, -0.2) is 4.98 Å². The van der Waals surface area contributed by atoms with Crippen LogP contribution >= 0.6 is 36.2 Å². The zero-order valence-electron chi connectivity index (χ0n) is 12.5. The summed E-state index contributed by atoms with van der Waals surface area (Å²) < 4.78 is 5.56. The molecule has 2 rings (SSSR count). The summed E-state index contributed by atoms with van der Waals surface area (Å²) in [6, 6.07) is 0. The van der Waals surface area contributed by atoms with Gasteiger partial charge in [-0.2, -0.15) is 0 Å². The van der Waals surface area contributed by atoms with Crippen LogP contribution in [0.2, 0.25) is 0 Å². The van der Waals surface area contributed by atoms with Crippen LogP contribution in [0.4, 0.5) is 0 Å². The Morgan fingerprint density at radius 3 is 2.57 bits per heavy atom. The Hall–Kier alpha value is -0.400. The number of likely N-dealkylation sites (N-methyl/N-ethyl adjacent to an activating group) is 1. The first kappa shape index (κ1) is 20.6. The summed E-state index contributed by atoms with van der Waals surface area (Å²) in [5.74, 6) is 0.0718. The molecule has 0 aliphatic carbocycles. The van der Waals surface area contributed by atoms with Gasteiger partial charge in [0.1, 0.15) is 5.60 Å². The lowest BCUT2D eigenvalue weighted by Gasteiger charge is -2.37. The van der Waals surface area contributed by atoms with Crippen molar-refractivity contribution in [1.29, 1.82) is 0 Å². The molecule has 0 saturated carbocycles. The number of ether oxygens (including phenoxy) is 1. The van der Waals surface area contributed by atoms with Gasteiger partial charge in [0, 0.05) is 25.2 Å². The summed E-state index contributed by atoms with van der Waals surface area (Å²) in [6.45, 7) is 4.22. The van der Waals surface area contributed by atoms with Crippen LogP contribution in [0.1, 0.15) is 22.7 Å². The molecule has 1 amide bonds. The zero-order chi connectivity index (χ0) is 13.9. The summed E-state index contributed by atoms with van der Waals surface area (Å²) in [5, 5.41) is 4.29. The van der Waals surface area contributed by atoms with Crippen LogP contribution in [0.25, 0.3) is 0 Å². The molecule has 1 aliphatic heterocycles. The summed E-state index contributed by atoms with van der Waals surface area (Å²) in [5.41, 5.74) is -0.653. The molecule has 1 aromatic heterocycles. The van der Waals surface area contributed by atoms with E-state index in [1.807, 2.05) is 20.2 Å². The average Bonchev–Trinajstić information content (AvgIpc) is 2.84. The minimum absolute atomic E-state index is 0. The third-order valence-electron chi connectivity index (χ3n) is 3.60. The lowest BCUT2D eigenvalue weighted by molar-refractivity contribution is -0.157. The molecule has 0 bridgehead atoms. The van der Waals surface area contributed by atoms with Gasteiger partial charge in [0.05, 0.1) is 11.6 Å². The van der Waals surface area contributed by atoms with Crippen molar-refractivity contribution in [3.63, 3.8) is 0 Å². The zero-order valence-corrected chi connectivity index (χ0v) is 15.0. The van der Waals surface area contributed by atoms with E-state index in [0.717, 1.165) is 35.8 Å². The van der Waals surface area contributed by atoms with E-state index in [1.165, 1.54) is 0 Å². The second-order valence-electron chi connectivity index (χ2n) is 4.96. The fourth-order valence-corrected chi connectivity index (χ4v) is 3.32. The minimum atomic E-state index is -0.653. The van der Waals surface area contributed by atoms with Gasteiger partial charge in [-0.1, -0.05) is 0 Å². The maximum Gasteiger partial charge on any atom is 0.254 e. The van der Waals surface area contributed by atoms with Crippen LogP contribution in [0.3, 0.4) is 0 Å². The smallest absolute Gasteiger partial charge is 0.254 e. The van der Waals surface area contributed by atoms with Gasteiger partial charge >= 0.3 is 0 Å². The molecule has 0 atom stereocenters. The second-order valence-corrected chi connectivity index (χ2v) is 6.27. The first-order valence-corrected chi connectivity index (χ1v) is 7.32. The highest BCUT2D eigenvalue weighted by atomic mass is 35.5. The molecule has 21 heavy (non-hydrogen) atoms. The fourth-order valence-electron chi connectivity index (χ4n) is 2.47. The van der Waals surface area contributed by atoms with Crippen LogP contribution in [-0.4, -0.2) is 48.6 Å². The normalized spacial score (nSPS) is 16.5. The van der Waals surface area contributed by atoms with Crippen LogP contribution in [0, 0.1) is 6.92 Å². The molecule has 0 radical (unpaired) electrons. The first-order chi connectivity index (χ1) is 9.07. The lowest BCUT2D eigenvalue weighted by Crippen LogP contribution is -2.54. The Kier molecular flexibility index (Phi) is 8.73. The standard InChI is InChI=1S/C13H21N3O2S.2ClH/c1-10-15-8-11(19-10)9-16(2)12(17)13(18-3)4-6-14-7-5-13;;/h8,14H,4-7,9H2,1-3H3;2*1H. The van der Waals surface area contributed by atoms with E-state index in [4.69, 9.17) is 4.74 Å². The molecule has 1 aromatic rings. The van der Waals surface area contributed by atoms with Crippen LogP contribution in [-0.2, 0) is 16.1 Å². The predicted molar refractivity (Wildman–Crippen MR) is 89.7 cm³/mol. The number of amides is 1. The minimum Gasteiger partial charge on any atom is -0.368 e. The SMILES string of the molecule is COC1(C(=O)N(C)Cc2cnc(C)s2)CCNCC1.Cl.Cl.